The highest BCUT2D eigenvalue weighted by Gasteiger charge is 2.53. The van der Waals surface area contributed by atoms with E-state index in [4.69, 9.17) is 40.0 Å². The zero-order valence-corrected chi connectivity index (χ0v) is 23.7. The summed E-state index contributed by atoms with van der Waals surface area (Å²) in [5.74, 6) is -2.21. The molecular formula is C27H27ClN4O10. The molecular weight excluding hydrogens is 576 g/mol. The molecule has 0 unspecified atom stereocenters. The summed E-state index contributed by atoms with van der Waals surface area (Å²) in [5.41, 5.74) is 2.39. The van der Waals surface area contributed by atoms with Crippen molar-refractivity contribution < 1.29 is 47.6 Å². The van der Waals surface area contributed by atoms with Gasteiger partial charge >= 0.3 is 23.9 Å². The second-order valence-electron chi connectivity index (χ2n) is 9.16. The molecule has 1 saturated heterocycles. The number of hydrogen-bond donors (Lipinski definition) is 1. The highest BCUT2D eigenvalue weighted by atomic mass is 35.5. The van der Waals surface area contributed by atoms with Crippen LogP contribution in [-0.4, -0.2) is 81.8 Å². The molecule has 3 aromatic rings. The molecule has 5 atom stereocenters. The van der Waals surface area contributed by atoms with Gasteiger partial charge in [-0.25, -0.2) is 5.10 Å². The molecule has 222 valence electrons. The number of carbonyl (C=O) groups is 4. The minimum Gasteiger partial charge on any atom is -0.463 e. The molecule has 15 heteroatoms. The largest absolute Gasteiger partial charge is 0.463 e. The standard InChI is InChI=1S/C27H27ClN4O10/c1-13(33)37-12-22-23(38-14(2)34)24(39-15(3)35)25(40-16(4)36)27(42-22)41-21-10-9-19(11-20(21)28)17-5-7-18(8-6-17)26-29-31-32-30-26/h5-11,22-25,27H,12H2,1-4H3,(H,29,30,31,32)/t22-,23-,24+,25+,27+/m1/s1. The zero-order valence-electron chi connectivity index (χ0n) is 22.9. The molecule has 1 fully saturated rings. The molecule has 1 N–H and O–H groups in total. The topological polar surface area (TPSA) is 178 Å². The number of hydrogen-bond acceptors (Lipinski definition) is 13. The van der Waals surface area contributed by atoms with Gasteiger partial charge in [0.15, 0.2) is 18.0 Å². The van der Waals surface area contributed by atoms with E-state index in [1.54, 1.807) is 18.2 Å². The van der Waals surface area contributed by atoms with E-state index in [2.05, 4.69) is 20.6 Å². The van der Waals surface area contributed by atoms with Crippen molar-refractivity contribution >= 4 is 35.5 Å². The molecule has 0 radical (unpaired) electrons. The summed E-state index contributed by atoms with van der Waals surface area (Å²) in [6.07, 6.45) is -6.63. The number of ether oxygens (including phenoxy) is 6. The first-order valence-electron chi connectivity index (χ1n) is 12.6. The maximum absolute atomic E-state index is 12.0. The molecule has 2 heterocycles. The lowest BCUT2D eigenvalue weighted by Gasteiger charge is -2.44. The lowest BCUT2D eigenvalue weighted by molar-refractivity contribution is -0.288. The van der Waals surface area contributed by atoms with Crippen molar-refractivity contribution in [2.45, 2.75) is 58.4 Å². The molecule has 1 aromatic heterocycles. The molecule has 14 nitrogen and oxygen atoms in total. The fraction of sp³-hybridized carbons (Fsp3) is 0.370. The predicted octanol–water partition coefficient (Wildman–Crippen LogP) is 2.65. The number of halogens is 1. The van der Waals surface area contributed by atoms with E-state index in [9.17, 15) is 19.2 Å². The zero-order chi connectivity index (χ0) is 30.4. The van der Waals surface area contributed by atoms with Gasteiger partial charge in [-0.15, -0.1) is 5.10 Å². The van der Waals surface area contributed by atoms with Gasteiger partial charge in [-0.3, -0.25) is 19.2 Å². The Hall–Kier alpha value is -4.56. The lowest BCUT2D eigenvalue weighted by atomic mass is 9.98. The lowest BCUT2D eigenvalue weighted by Crippen LogP contribution is -2.63. The van der Waals surface area contributed by atoms with Crippen LogP contribution < -0.4 is 4.74 Å². The van der Waals surface area contributed by atoms with Crippen LogP contribution in [0.1, 0.15) is 27.7 Å². The fourth-order valence-corrected chi connectivity index (χ4v) is 4.51. The Balaban J connectivity index is 1.63. The van der Waals surface area contributed by atoms with Gasteiger partial charge in [0.2, 0.25) is 12.4 Å². The average molecular weight is 603 g/mol. The van der Waals surface area contributed by atoms with Gasteiger partial charge in [0.25, 0.3) is 0 Å². The van der Waals surface area contributed by atoms with Gasteiger partial charge in [0, 0.05) is 33.3 Å². The minimum absolute atomic E-state index is 0.144. The molecule has 1 aliphatic heterocycles. The van der Waals surface area contributed by atoms with Crippen LogP contribution in [0.3, 0.4) is 0 Å². The highest BCUT2D eigenvalue weighted by Crippen LogP contribution is 2.35. The number of rotatable bonds is 9. The Labute approximate surface area is 244 Å². The van der Waals surface area contributed by atoms with Gasteiger partial charge in [0.1, 0.15) is 18.5 Å². The van der Waals surface area contributed by atoms with Gasteiger partial charge in [-0.05, 0) is 33.7 Å². The van der Waals surface area contributed by atoms with Gasteiger partial charge < -0.3 is 28.4 Å². The normalized spacial score (nSPS) is 21.6. The third kappa shape index (κ3) is 7.59. The van der Waals surface area contributed by atoms with Crippen LogP contribution in [0.15, 0.2) is 42.5 Å². The summed E-state index contributed by atoms with van der Waals surface area (Å²) < 4.78 is 33.3. The van der Waals surface area contributed by atoms with Crippen molar-refractivity contribution in [3.8, 4) is 28.3 Å². The number of esters is 4. The van der Waals surface area contributed by atoms with Crippen LogP contribution in [-0.2, 0) is 42.9 Å². The third-order valence-corrected chi connectivity index (χ3v) is 6.26. The molecule has 0 saturated carbocycles. The molecule has 2 aromatic carbocycles. The SMILES string of the molecule is CC(=O)OC[C@H]1O[C@H](Oc2ccc(-c3ccc(-c4nnn[nH]4)cc3)cc2Cl)[C@@H](OC(C)=O)[C@@H](OC(C)=O)[C@@H]1OC(C)=O. The molecule has 0 spiro atoms. The Bertz CT molecular complexity index is 1430. The number of benzene rings is 2. The van der Waals surface area contributed by atoms with Crippen LogP contribution in [0.25, 0.3) is 22.5 Å². The first-order valence-corrected chi connectivity index (χ1v) is 13.0. The number of carbonyl (C=O) groups excluding carboxylic acids is 4. The molecule has 42 heavy (non-hydrogen) atoms. The van der Waals surface area contributed by atoms with Crippen molar-refractivity contribution in [3.63, 3.8) is 0 Å². The summed E-state index contributed by atoms with van der Waals surface area (Å²) in [7, 11) is 0. The number of aromatic amines is 1. The number of aromatic nitrogens is 4. The van der Waals surface area contributed by atoms with E-state index in [0.717, 1.165) is 37.5 Å². The van der Waals surface area contributed by atoms with E-state index < -0.39 is 54.6 Å². The molecule has 4 rings (SSSR count). The second-order valence-corrected chi connectivity index (χ2v) is 9.57. The third-order valence-electron chi connectivity index (χ3n) is 5.96. The fourth-order valence-electron chi connectivity index (χ4n) is 4.29. The van der Waals surface area contributed by atoms with Crippen molar-refractivity contribution in [2.24, 2.45) is 0 Å². The summed E-state index contributed by atoms with van der Waals surface area (Å²) in [6, 6.07) is 12.4. The molecule has 1 aliphatic rings. The monoisotopic (exact) mass is 602 g/mol. The number of nitrogens with one attached hydrogen (secondary N) is 1. The minimum atomic E-state index is -1.41. The van der Waals surface area contributed by atoms with Crippen molar-refractivity contribution in [1.29, 1.82) is 0 Å². The highest BCUT2D eigenvalue weighted by molar-refractivity contribution is 6.32. The summed E-state index contributed by atoms with van der Waals surface area (Å²) in [5, 5.41) is 13.9. The molecule has 0 amide bonds. The van der Waals surface area contributed by atoms with Crippen molar-refractivity contribution in [1.82, 2.24) is 20.6 Å². The Morgan fingerprint density at radius 1 is 0.810 bits per heavy atom. The van der Waals surface area contributed by atoms with Gasteiger partial charge in [0.05, 0.1) is 5.02 Å². The smallest absolute Gasteiger partial charge is 0.303 e. The Morgan fingerprint density at radius 3 is 1.98 bits per heavy atom. The summed E-state index contributed by atoms with van der Waals surface area (Å²) in [4.78, 5) is 47.5. The summed E-state index contributed by atoms with van der Waals surface area (Å²) in [6.45, 7) is 4.21. The number of tetrazole rings is 1. The van der Waals surface area contributed by atoms with E-state index >= 15 is 0 Å². The molecule has 0 bridgehead atoms. The maximum Gasteiger partial charge on any atom is 0.303 e. The van der Waals surface area contributed by atoms with Crippen LogP contribution in [0.5, 0.6) is 5.75 Å². The van der Waals surface area contributed by atoms with Crippen LogP contribution >= 0.6 is 11.6 Å². The Kier molecular flexibility index (Phi) is 9.70. The number of H-pyrrole nitrogens is 1. The number of nitrogens with zero attached hydrogens (tertiary/aromatic N) is 3. The first kappa shape index (κ1) is 30.4. The van der Waals surface area contributed by atoms with E-state index in [-0.39, 0.29) is 17.4 Å². The molecule has 0 aliphatic carbocycles. The summed E-state index contributed by atoms with van der Waals surface area (Å²) >= 11 is 6.58. The van der Waals surface area contributed by atoms with Crippen LogP contribution in [0, 0.1) is 0 Å². The first-order chi connectivity index (χ1) is 20.0. The van der Waals surface area contributed by atoms with Gasteiger partial charge in [-0.2, -0.15) is 0 Å². The Morgan fingerprint density at radius 2 is 1.40 bits per heavy atom. The van der Waals surface area contributed by atoms with Crippen LogP contribution in [0.2, 0.25) is 5.02 Å². The predicted molar refractivity (Wildman–Crippen MR) is 143 cm³/mol. The van der Waals surface area contributed by atoms with E-state index in [1.807, 2.05) is 24.3 Å². The second kappa shape index (κ2) is 13.4. The van der Waals surface area contributed by atoms with E-state index in [0.29, 0.717) is 5.82 Å². The van der Waals surface area contributed by atoms with E-state index in [1.165, 1.54) is 6.92 Å². The maximum atomic E-state index is 12.0. The quantitative estimate of drug-likeness (QED) is 0.279. The average Bonchev–Trinajstić information content (AvgIpc) is 3.46. The van der Waals surface area contributed by atoms with Crippen molar-refractivity contribution in [2.75, 3.05) is 6.61 Å². The van der Waals surface area contributed by atoms with Crippen LogP contribution in [0.4, 0.5) is 0 Å². The van der Waals surface area contributed by atoms with Gasteiger partial charge in [-0.1, -0.05) is 41.9 Å². The van der Waals surface area contributed by atoms with Crippen molar-refractivity contribution in [3.05, 3.63) is 47.5 Å².